The number of carboxylic acids is 1. The number of rotatable bonds is 9. The van der Waals surface area contributed by atoms with Gasteiger partial charge in [0.05, 0.1) is 17.9 Å². The molecular formula is C32H38F3N3O4. The third-order valence-corrected chi connectivity index (χ3v) is 7.41. The number of aromatic nitrogens is 2. The highest BCUT2D eigenvalue weighted by Crippen LogP contribution is 2.43. The van der Waals surface area contributed by atoms with Crippen LogP contribution < -0.4 is 9.64 Å². The van der Waals surface area contributed by atoms with Gasteiger partial charge in [0, 0.05) is 54.3 Å². The quantitative estimate of drug-likeness (QED) is 0.288. The van der Waals surface area contributed by atoms with E-state index < -0.39 is 35.1 Å². The van der Waals surface area contributed by atoms with Crippen LogP contribution in [0.3, 0.4) is 0 Å². The monoisotopic (exact) mass is 585 g/mol. The van der Waals surface area contributed by atoms with Crippen LogP contribution in [0.4, 0.5) is 18.9 Å². The highest BCUT2D eigenvalue weighted by molar-refractivity contribution is 5.86. The Labute approximate surface area is 244 Å². The minimum Gasteiger partial charge on any atom is -0.479 e. The molecule has 0 spiro atoms. The van der Waals surface area contributed by atoms with Crippen molar-refractivity contribution in [1.29, 1.82) is 0 Å². The van der Waals surface area contributed by atoms with Crippen molar-refractivity contribution in [2.24, 2.45) is 5.41 Å². The molecule has 4 rings (SSSR count). The maximum Gasteiger partial charge on any atom is 0.337 e. The fourth-order valence-corrected chi connectivity index (χ4v) is 5.04. The number of halogens is 3. The Morgan fingerprint density at radius 1 is 1.05 bits per heavy atom. The van der Waals surface area contributed by atoms with Gasteiger partial charge in [0.15, 0.2) is 23.6 Å². The number of hydrogen-bond donors (Lipinski definition) is 1. The number of ether oxygens (including phenoxy) is 2. The van der Waals surface area contributed by atoms with Gasteiger partial charge >= 0.3 is 5.97 Å². The fraction of sp³-hybridized carbons (Fsp3) is 0.469. The van der Waals surface area contributed by atoms with Gasteiger partial charge in [-0.1, -0.05) is 19.9 Å². The van der Waals surface area contributed by atoms with Gasteiger partial charge in [-0.2, -0.15) is 0 Å². The molecule has 7 nitrogen and oxygen atoms in total. The van der Waals surface area contributed by atoms with Crippen LogP contribution in [0, 0.1) is 29.8 Å². The molecule has 1 fully saturated rings. The van der Waals surface area contributed by atoms with Gasteiger partial charge in [-0.25, -0.2) is 22.9 Å². The first-order chi connectivity index (χ1) is 19.6. The van der Waals surface area contributed by atoms with Gasteiger partial charge in [0.1, 0.15) is 0 Å². The standard InChI is InChI=1S/C32H38F3N3O4/c1-19-26(28(30(39)40)42-31(2,3)4)27(38-12-10-32(5,6)11-13-38)22(18-36-19)21-16-25(35)29(37-17-21)41-14-9-20-7-8-23(33)24(34)15-20/h7-8,15-18,28H,9-14H2,1-6H3,(H,39,40)/t28-/m0/s1. The topological polar surface area (TPSA) is 84.8 Å². The van der Waals surface area contributed by atoms with Crippen molar-refractivity contribution in [2.75, 3.05) is 24.6 Å². The highest BCUT2D eigenvalue weighted by atomic mass is 19.2. The van der Waals surface area contributed by atoms with E-state index in [0.29, 0.717) is 46.7 Å². The summed E-state index contributed by atoms with van der Waals surface area (Å²) < 4.78 is 53.5. The Kier molecular flexibility index (Phi) is 9.15. The smallest absolute Gasteiger partial charge is 0.337 e. The van der Waals surface area contributed by atoms with Crippen LogP contribution in [-0.2, 0) is 16.0 Å². The number of carboxylic acid groups (broad SMARTS) is 1. The van der Waals surface area contributed by atoms with Crippen molar-refractivity contribution < 1.29 is 32.5 Å². The summed E-state index contributed by atoms with van der Waals surface area (Å²) in [6.07, 6.45) is 3.79. The summed E-state index contributed by atoms with van der Waals surface area (Å²) >= 11 is 0. The van der Waals surface area contributed by atoms with Gasteiger partial charge in [-0.3, -0.25) is 4.98 Å². The molecule has 42 heavy (non-hydrogen) atoms. The molecule has 0 aliphatic carbocycles. The lowest BCUT2D eigenvalue weighted by molar-refractivity contribution is -0.160. The summed E-state index contributed by atoms with van der Waals surface area (Å²) in [4.78, 5) is 23.4. The van der Waals surface area contributed by atoms with Crippen molar-refractivity contribution >= 4 is 11.7 Å². The molecule has 2 aromatic heterocycles. The SMILES string of the molecule is Cc1ncc(-c2cnc(OCCc3ccc(F)c(F)c3)c(F)c2)c(N2CCC(C)(C)CC2)c1[C@H](OC(C)(C)C)C(=O)O. The average Bonchev–Trinajstić information content (AvgIpc) is 2.90. The zero-order chi connectivity index (χ0) is 30.8. The van der Waals surface area contributed by atoms with Gasteiger partial charge in [-0.15, -0.1) is 0 Å². The second-order valence-corrected chi connectivity index (χ2v) is 12.5. The summed E-state index contributed by atoms with van der Waals surface area (Å²) in [6.45, 7) is 12.9. The van der Waals surface area contributed by atoms with E-state index in [0.717, 1.165) is 25.0 Å². The van der Waals surface area contributed by atoms with Crippen LogP contribution in [-0.4, -0.2) is 46.3 Å². The number of carbonyl (C=O) groups is 1. The van der Waals surface area contributed by atoms with E-state index in [1.165, 1.54) is 18.3 Å². The number of benzene rings is 1. The van der Waals surface area contributed by atoms with Crippen LogP contribution >= 0.6 is 0 Å². The molecule has 1 aromatic carbocycles. The normalized spacial score (nSPS) is 15.9. The molecular weight excluding hydrogens is 547 g/mol. The summed E-state index contributed by atoms with van der Waals surface area (Å²) in [6, 6.07) is 4.83. The highest BCUT2D eigenvalue weighted by Gasteiger charge is 2.36. The molecule has 3 aromatic rings. The summed E-state index contributed by atoms with van der Waals surface area (Å²) in [5.41, 5.74) is 2.43. The van der Waals surface area contributed by atoms with Crippen LogP contribution in [0.1, 0.15) is 70.4 Å². The zero-order valence-electron chi connectivity index (χ0n) is 24.9. The molecule has 3 heterocycles. The molecule has 0 amide bonds. The minimum absolute atomic E-state index is 0.00379. The number of piperidine rings is 1. The number of hydrogen-bond acceptors (Lipinski definition) is 6. The number of pyridine rings is 2. The van der Waals surface area contributed by atoms with E-state index in [1.54, 1.807) is 33.9 Å². The van der Waals surface area contributed by atoms with E-state index in [2.05, 4.69) is 28.7 Å². The Morgan fingerprint density at radius 2 is 1.74 bits per heavy atom. The second kappa shape index (κ2) is 12.3. The zero-order valence-corrected chi connectivity index (χ0v) is 24.9. The van der Waals surface area contributed by atoms with Crippen molar-refractivity contribution in [1.82, 2.24) is 9.97 Å². The summed E-state index contributed by atoms with van der Waals surface area (Å²) in [5.74, 6) is -3.99. The lowest BCUT2D eigenvalue weighted by atomic mass is 9.82. The number of nitrogens with zero attached hydrogens (tertiary/aromatic N) is 3. The van der Waals surface area contributed by atoms with E-state index in [1.807, 2.05) is 0 Å². The summed E-state index contributed by atoms with van der Waals surface area (Å²) in [5, 5.41) is 10.3. The first-order valence-electron chi connectivity index (χ1n) is 14.0. The van der Waals surface area contributed by atoms with E-state index >= 15 is 4.39 Å². The summed E-state index contributed by atoms with van der Waals surface area (Å²) in [7, 11) is 0. The molecule has 1 saturated heterocycles. The van der Waals surface area contributed by atoms with Gasteiger partial charge in [0.25, 0.3) is 0 Å². The number of aryl methyl sites for hydroxylation is 1. The molecule has 0 unspecified atom stereocenters. The Hall–Kier alpha value is -3.66. The Morgan fingerprint density at radius 3 is 2.33 bits per heavy atom. The third-order valence-electron chi connectivity index (χ3n) is 7.41. The number of anilines is 1. The molecule has 1 N–H and O–H groups in total. The van der Waals surface area contributed by atoms with Crippen LogP contribution in [0.5, 0.6) is 5.88 Å². The maximum atomic E-state index is 15.3. The molecule has 226 valence electrons. The first kappa shape index (κ1) is 31.3. The Bertz CT molecular complexity index is 1450. The van der Waals surface area contributed by atoms with Gasteiger partial charge < -0.3 is 19.5 Å². The predicted molar refractivity (Wildman–Crippen MR) is 154 cm³/mol. The third kappa shape index (κ3) is 7.40. The average molecular weight is 586 g/mol. The van der Waals surface area contributed by atoms with Crippen molar-refractivity contribution in [2.45, 2.75) is 72.5 Å². The Balaban J connectivity index is 1.70. The van der Waals surface area contributed by atoms with Crippen LogP contribution in [0.25, 0.3) is 11.1 Å². The second-order valence-electron chi connectivity index (χ2n) is 12.5. The molecule has 0 saturated carbocycles. The van der Waals surface area contributed by atoms with E-state index in [-0.39, 0.29) is 24.3 Å². The van der Waals surface area contributed by atoms with Crippen molar-refractivity contribution in [3.63, 3.8) is 0 Å². The molecule has 0 bridgehead atoms. The number of aliphatic carboxylic acids is 1. The fourth-order valence-electron chi connectivity index (χ4n) is 5.04. The maximum absolute atomic E-state index is 15.3. The lowest BCUT2D eigenvalue weighted by Gasteiger charge is -2.40. The molecule has 10 heteroatoms. The van der Waals surface area contributed by atoms with Crippen molar-refractivity contribution in [3.8, 4) is 17.0 Å². The molecule has 1 aliphatic rings. The van der Waals surface area contributed by atoms with Crippen molar-refractivity contribution in [3.05, 3.63) is 70.9 Å². The van der Waals surface area contributed by atoms with Crippen LogP contribution in [0.2, 0.25) is 0 Å². The predicted octanol–water partition coefficient (Wildman–Crippen LogP) is 7.06. The molecule has 1 atom stereocenters. The molecule has 0 radical (unpaired) electrons. The van der Waals surface area contributed by atoms with E-state index in [9.17, 15) is 18.7 Å². The van der Waals surface area contributed by atoms with E-state index in [4.69, 9.17) is 9.47 Å². The lowest BCUT2D eigenvalue weighted by Crippen LogP contribution is -2.39. The largest absolute Gasteiger partial charge is 0.479 e. The first-order valence-corrected chi connectivity index (χ1v) is 14.0. The van der Waals surface area contributed by atoms with Gasteiger partial charge in [-0.05, 0) is 69.7 Å². The minimum atomic E-state index is -1.29. The van der Waals surface area contributed by atoms with Gasteiger partial charge in [0.2, 0.25) is 5.88 Å². The molecule has 1 aliphatic heterocycles. The van der Waals surface area contributed by atoms with Crippen LogP contribution in [0.15, 0.2) is 36.7 Å².